The second-order valence-corrected chi connectivity index (χ2v) is 7.07. The highest BCUT2D eigenvalue weighted by atomic mass is 32.2. The number of aromatic nitrogens is 1. The number of thioether (sulfide) groups is 1. The Bertz CT molecular complexity index is 465. The summed E-state index contributed by atoms with van der Waals surface area (Å²) in [6, 6.07) is 5.70. The summed E-state index contributed by atoms with van der Waals surface area (Å²) in [5.41, 5.74) is 0. The first-order valence-corrected chi connectivity index (χ1v) is 9.53. The number of carbonyl (C=O) groups excluding carboxylic acids is 1. The summed E-state index contributed by atoms with van der Waals surface area (Å²) in [5, 5.41) is 3.54. The van der Waals surface area contributed by atoms with Crippen molar-refractivity contribution in [3.8, 4) is 0 Å². The fourth-order valence-corrected chi connectivity index (χ4v) is 3.57. The van der Waals surface area contributed by atoms with Gasteiger partial charge in [0.2, 0.25) is 4.93 Å². The molecule has 1 aromatic heterocycles. The standard InChI is InChI=1S/C18H31N3O2S/c1-5-7-13-21(14-8-6-2)15-18(23-4,17(22)19-3)24-16-11-9-10-12-20-16/h9-12H,5-8,13-15H2,1-4H3,(H,19,22). The summed E-state index contributed by atoms with van der Waals surface area (Å²) in [7, 11) is 3.25. The van der Waals surface area contributed by atoms with Gasteiger partial charge < -0.3 is 10.1 Å². The van der Waals surface area contributed by atoms with E-state index < -0.39 is 4.93 Å². The van der Waals surface area contributed by atoms with Crippen LogP contribution >= 0.6 is 11.8 Å². The van der Waals surface area contributed by atoms with Gasteiger partial charge in [-0.25, -0.2) is 4.98 Å². The molecule has 0 saturated carbocycles. The van der Waals surface area contributed by atoms with Gasteiger partial charge in [-0.2, -0.15) is 0 Å². The van der Waals surface area contributed by atoms with Crippen LogP contribution in [0.3, 0.4) is 0 Å². The lowest BCUT2D eigenvalue weighted by atomic mass is 10.2. The van der Waals surface area contributed by atoms with Gasteiger partial charge in [-0.1, -0.05) is 44.5 Å². The predicted octanol–water partition coefficient (Wildman–Crippen LogP) is 3.16. The van der Waals surface area contributed by atoms with Crippen LogP contribution in [0.25, 0.3) is 0 Å². The molecule has 5 nitrogen and oxygen atoms in total. The number of unbranched alkanes of at least 4 members (excludes halogenated alkanes) is 2. The van der Waals surface area contributed by atoms with E-state index in [0.717, 1.165) is 43.8 Å². The van der Waals surface area contributed by atoms with Crippen molar-refractivity contribution in [2.24, 2.45) is 0 Å². The molecule has 1 aromatic rings. The summed E-state index contributed by atoms with van der Waals surface area (Å²) >= 11 is 1.38. The van der Waals surface area contributed by atoms with Gasteiger partial charge in [-0.05, 0) is 38.1 Å². The van der Waals surface area contributed by atoms with Crippen molar-refractivity contribution in [3.05, 3.63) is 24.4 Å². The molecule has 1 amide bonds. The van der Waals surface area contributed by atoms with Gasteiger partial charge in [0.15, 0.2) is 0 Å². The number of nitrogens with one attached hydrogen (secondary N) is 1. The Morgan fingerprint density at radius 3 is 2.42 bits per heavy atom. The lowest BCUT2D eigenvalue weighted by molar-refractivity contribution is -0.134. The average molecular weight is 354 g/mol. The third-order valence-corrected chi connectivity index (χ3v) is 5.16. The molecule has 1 heterocycles. The van der Waals surface area contributed by atoms with Crippen molar-refractivity contribution < 1.29 is 9.53 Å². The molecule has 0 aliphatic heterocycles. The monoisotopic (exact) mass is 353 g/mol. The summed E-state index contributed by atoms with van der Waals surface area (Å²) in [6.07, 6.45) is 6.24. The SMILES string of the molecule is CCCCN(CCCC)CC(OC)(Sc1ccccn1)C(=O)NC. The maximum absolute atomic E-state index is 12.6. The second kappa shape index (κ2) is 11.4. The fraction of sp³-hybridized carbons (Fsp3) is 0.667. The van der Waals surface area contributed by atoms with Crippen molar-refractivity contribution >= 4 is 17.7 Å². The van der Waals surface area contributed by atoms with Gasteiger partial charge in [-0.3, -0.25) is 9.69 Å². The Labute approximate surface area is 150 Å². The van der Waals surface area contributed by atoms with Crippen LogP contribution in [0.5, 0.6) is 0 Å². The number of pyridine rings is 1. The maximum atomic E-state index is 12.6. The highest BCUT2D eigenvalue weighted by Crippen LogP contribution is 2.34. The molecule has 0 spiro atoms. The Hall–Kier alpha value is -1.11. The van der Waals surface area contributed by atoms with E-state index in [1.165, 1.54) is 11.8 Å². The van der Waals surface area contributed by atoms with E-state index in [-0.39, 0.29) is 5.91 Å². The van der Waals surface area contributed by atoms with E-state index in [1.807, 2.05) is 18.2 Å². The number of methoxy groups -OCH3 is 1. The van der Waals surface area contributed by atoms with Crippen molar-refractivity contribution in [3.63, 3.8) is 0 Å². The fourth-order valence-electron chi connectivity index (χ4n) is 2.44. The summed E-state index contributed by atoms with van der Waals surface area (Å²) in [4.78, 5) is 18.3. The van der Waals surface area contributed by atoms with E-state index in [0.29, 0.717) is 6.54 Å². The minimum Gasteiger partial charge on any atom is -0.357 e. The minimum absolute atomic E-state index is 0.126. The Morgan fingerprint density at radius 2 is 1.96 bits per heavy atom. The van der Waals surface area contributed by atoms with Crippen LogP contribution in [0.2, 0.25) is 0 Å². The molecule has 0 aliphatic carbocycles. The number of rotatable bonds is 12. The lowest BCUT2D eigenvalue weighted by Crippen LogP contribution is -2.52. The van der Waals surface area contributed by atoms with Crippen LogP contribution in [0.4, 0.5) is 0 Å². The molecule has 1 atom stereocenters. The van der Waals surface area contributed by atoms with Crippen LogP contribution in [-0.2, 0) is 9.53 Å². The van der Waals surface area contributed by atoms with E-state index in [1.54, 1.807) is 20.4 Å². The molecule has 6 heteroatoms. The molecule has 1 unspecified atom stereocenters. The van der Waals surface area contributed by atoms with Crippen molar-refractivity contribution in [2.75, 3.05) is 33.8 Å². The van der Waals surface area contributed by atoms with Gasteiger partial charge in [0.1, 0.15) is 0 Å². The number of hydrogen-bond donors (Lipinski definition) is 1. The first kappa shape index (κ1) is 20.9. The van der Waals surface area contributed by atoms with Crippen molar-refractivity contribution in [2.45, 2.75) is 49.5 Å². The molecule has 0 radical (unpaired) electrons. The number of nitrogens with zero attached hydrogens (tertiary/aromatic N) is 2. The maximum Gasteiger partial charge on any atom is 0.264 e. The highest BCUT2D eigenvalue weighted by Gasteiger charge is 2.41. The van der Waals surface area contributed by atoms with Gasteiger partial charge in [0.05, 0.1) is 5.03 Å². The molecule has 136 valence electrons. The Balaban J connectivity index is 2.98. The van der Waals surface area contributed by atoms with Crippen molar-refractivity contribution in [1.82, 2.24) is 15.2 Å². The molecule has 1 N–H and O–H groups in total. The molecule has 0 fully saturated rings. The first-order chi connectivity index (χ1) is 11.6. The number of hydrogen-bond acceptors (Lipinski definition) is 5. The largest absolute Gasteiger partial charge is 0.357 e. The highest BCUT2D eigenvalue weighted by molar-refractivity contribution is 8.01. The second-order valence-electron chi connectivity index (χ2n) is 5.79. The lowest BCUT2D eigenvalue weighted by Gasteiger charge is -2.35. The van der Waals surface area contributed by atoms with E-state index in [2.05, 4.69) is 29.0 Å². The molecule has 1 rings (SSSR count). The molecule has 0 aromatic carbocycles. The topological polar surface area (TPSA) is 54.5 Å². The van der Waals surface area contributed by atoms with Crippen LogP contribution in [0.15, 0.2) is 29.4 Å². The van der Waals surface area contributed by atoms with Gasteiger partial charge >= 0.3 is 0 Å². The number of likely N-dealkylation sites (N-methyl/N-ethyl adjacent to an activating group) is 1. The van der Waals surface area contributed by atoms with Crippen LogP contribution < -0.4 is 5.32 Å². The third-order valence-electron chi connectivity index (χ3n) is 3.90. The third kappa shape index (κ3) is 6.42. The van der Waals surface area contributed by atoms with E-state index >= 15 is 0 Å². The normalized spacial score (nSPS) is 13.7. The first-order valence-electron chi connectivity index (χ1n) is 8.71. The number of amides is 1. The molecule has 24 heavy (non-hydrogen) atoms. The van der Waals surface area contributed by atoms with E-state index in [9.17, 15) is 4.79 Å². The van der Waals surface area contributed by atoms with Crippen LogP contribution in [-0.4, -0.2) is 54.5 Å². The van der Waals surface area contributed by atoms with Gasteiger partial charge in [0, 0.05) is 26.9 Å². The summed E-state index contributed by atoms with van der Waals surface area (Å²) in [6.45, 7) is 6.86. The predicted molar refractivity (Wildman–Crippen MR) is 100 cm³/mol. The smallest absolute Gasteiger partial charge is 0.264 e. The molecule has 0 bridgehead atoms. The number of ether oxygens (including phenoxy) is 1. The molecule has 0 aliphatic rings. The van der Waals surface area contributed by atoms with Crippen molar-refractivity contribution in [1.29, 1.82) is 0 Å². The van der Waals surface area contributed by atoms with Gasteiger partial charge in [-0.15, -0.1) is 0 Å². The number of carbonyl (C=O) groups is 1. The molecular formula is C18H31N3O2S. The average Bonchev–Trinajstić information content (AvgIpc) is 2.63. The Morgan fingerprint density at radius 1 is 1.29 bits per heavy atom. The zero-order valence-corrected chi connectivity index (χ0v) is 16.2. The van der Waals surface area contributed by atoms with Crippen LogP contribution in [0.1, 0.15) is 39.5 Å². The Kier molecular flexibility index (Phi) is 9.98. The van der Waals surface area contributed by atoms with Crippen LogP contribution in [0, 0.1) is 0 Å². The van der Waals surface area contributed by atoms with Gasteiger partial charge in [0.25, 0.3) is 5.91 Å². The quantitative estimate of drug-likeness (QED) is 0.462. The molecular weight excluding hydrogens is 322 g/mol. The molecule has 0 saturated heterocycles. The summed E-state index contributed by atoms with van der Waals surface area (Å²) in [5.74, 6) is -0.126. The minimum atomic E-state index is -0.995. The van der Waals surface area contributed by atoms with E-state index in [4.69, 9.17) is 4.74 Å². The zero-order valence-electron chi connectivity index (χ0n) is 15.4. The zero-order chi connectivity index (χ0) is 17.8. The summed E-state index contributed by atoms with van der Waals surface area (Å²) < 4.78 is 5.75.